The normalized spacial score (nSPS) is 25.2. The first-order valence-corrected chi connectivity index (χ1v) is 11.8. The molecule has 1 aromatic rings. The monoisotopic (exact) mass is 496 g/mol. The Morgan fingerprint density at radius 1 is 1.29 bits per heavy atom. The van der Waals surface area contributed by atoms with Crippen molar-refractivity contribution in [3.63, 3.8) is 0 Å². The second kappa shape index (κ2) is 9.64. The smallest absolute Gasteiger partial charge is 0.330 e. The zero-order valence-corrected chi connectivity index (χ0v) is 19.5. The van der Waals surface area contributed by atoms with E-state index in [0.29, 0.717) is 10.5 Å². The molecule has 2 saturated carbocycles. The lowest BCUT2D eigenvalue weighted by Gasteiger charge is -2.22. The van der Waals surface area contributed by atoms with Gasteiger partial charge in [-0.2, -0.15) is 0 Å². The molecule has 1 unspecified atom stereocenters. The van der Waals surface area contributed by atoms with Gasteiger partial charge in [0.05, 0.1) is 6.61 Å². The van der Waals surface area contributed by atoms with E-state index in [-0.39, 0.29) is 5.97 Å². The Hall–Kier alpha value is -1.04. The summed E-state index contributed by atoms with van der Waals surface area (Å²) in [6.45, 7) is 6.33. The number of carbonyl (C=O) groups excluding carboxylic acids is 1. The number of fused-ring (bicyclic) bond motifs is 2. The molecule has 0 heterocycles. The molecule has 1 aromatic carbocycles. The van der Waals surface area contributed by atoms with Crippen LogP contribution >= 0.6 is 22.6 Å². The molecule has 2 aliphatic rings. The van der Waals surface area contributed by atoms with Gasteiger partial charge >= 0.3 is 5.97 Å². The minimum absolute atomic E-state index is 0.272. The second-order valence-electron chi connectivity index (χ2n) is 9.28. The third kappa shape index (κ3) is 6.50. The molecule has 0 saturated heterocycles. The summed E-state index contributed by atoms with van der Waals surface area (Å²) in [4.78, 5) is 11.7. The van der Waals surface area contributed by atoms with Crippen LogP contribution in [0, 0.1) is 11.8 Å². The van der Waals surface area contributed by atoms with E-state index in [2.05, 4.69) is 46.9 Å². The predicted molar refractivity (Wildman–Crippen MR) is 122 cm³/mol. The van der Waals surface area contributed by atoms with Crippen molar-refractivity contribution in [1.29, 1.82) is 0 Å². The highest BCUT2D eigenvalue weighted by molar-refractivity contribution is 14.1. The van der Waals surface area contributed by atoms with Crippen molar-refractivity contribution in [3.8, 4) is 5.75 Å². The maximum Gasteiger partial charge on any atom is 0.330 e. The zero-order valence-electron chi connectivity index (χ0n) is 17.3. The van der Waals surface area contributed by atoms with Gasteiger partial charge in [0.1, 0.15) is 11.4 Å². The number of ether oxygens (including phenoxy) is 2. The molecular weight excluding hydrogens is 463 g/mol. The molecule has 0 radical (unpaired) electrons. The van der Waals surface area contributed by atoms with Gasteiger partial charge in [-0.25, -0.2) is 4.79 Å². The molecule has 3 rings (SSSR count). The molecule has 4 atom stereocenters. The number of esters is 1. The van der Waals surface area contributed by atoms with Crippen molar-refractivity contribution in [2.45, 2.75) is 74.7 Å². The van der Waals surface area contributed by atoms with Gasteiger partial charge in [0.2, 0.25) is 0 Å². The molecule has 0 N–H and O–H groups in total. The van der Waals surface area contributed by atoms with E-state index in [9.17, 15) is 4.79 Å². The minimum atomic E-state index is -0.437. The average molecular weight is 496 g/mol. The number of hydrogen-bond donors (Lipinski definition) is 0. The van der Waals surface area contributed by atoms with Crippen molar-refractivity contribution in [3.05, 3.63) is 42.0 Å². The van der Waals surface area contributed by atoms with Crippen molar-refractivity contribution in [1.82, 2.24) is 0 Å². The maximum atomic E-state index is 11.7. The molecule has 0 aromatic heterocycles. The van der Waals surface area contributed by atoms with Gasteiger partial charge in [0.15, 0.2) is 0 Å². The molecule has 0 aliphatic heterocycles. The van der Waals surface area contributed by atoms with Crippen LogP contribution in [-0.2, 0) is 9.53 Å². The lowest BCUT2D eigenvalue weighted by atomic mass is 9.83. The minimum Gasteiger partial charge on any atom is -0.492 e. The van der Waals surface area contributed by atoms with E-state index in [1.807, 2.05) is 26.8 Å². The first-order valence-electron chi connectivity index (χ1n) is 10.6. The van der Waals surface area contributed by atoms with Gasteiger partial charge < -0.3 is 9.47 Å². The van der Waals surface area contributed by atoms with Crippen LogP contribution in [0.3, 0.4) is 0 Å². The SMILES string of the molecule is CC(C)(C)OC(=O)/C=C/CCC(I)COc1cccc([C@H]2C[C@@H]3CC[C@H]2C3)c1. The predicted octanol–water partition coefficient (Wildman–Crippen LogP) is 6.45. The van der Waals surface area contributed by atoms with Crippen molar-refractivity contribution in [2.24, 2.45) is 11.8 Å². The Morgan fingerprint density at radius 2 is 2.11 bits per heavy atom. The number of carbonyl (C=O) groups is 1. The van der Waals surface area contributed by atoms with Crippen molar-refractivity contribution in [2.75, 3.05) is 6.61 Å². The summed E-state index contributed by atoms with van der Waals surface area (Å²) in [5.41, 5.74) is 1.03. The quantitative estimate of drug-likeness (QED) is 0.180. The lowest BCUT2D eigenvalue weighted by molar-refractivity contribution is -0.148. The number of alkyl halides is 1. The zero-order chi connectivity index (χ0) is 20.1. The van der Waals surface area contributed by atoms with E-state index in [0.717, 1.165) is 36.3 Å². The molecule has 2 bridgehead atoms. The van der Waals surface area contributed by atoms with Gasteiger partial charge in [-0.15, -0.1) is 0 Å². The second-order valence-corrected chi connectivity index (χ2v) is 11.0. The fraction of sp³-hybridized carbons (Fsp3) is 0.625. The highest BCUT2D eigenvalue weighted by Gasteiger charge is 2.40. The van der Waals surface area contributed by atoms with E-state index >= 15 is 0 Å². The van der Waals surface area contributed by atoms with Gasteiger partial charge in [-0.1, -0.05) is 47.2 Å². The third-order valence-electron chi connectivity index (χ3n) is 5.76. The molecule has 0 spiro atoms. The van der Waals surface area contributed by atoms with Gasteiger partial charge in [0, 0.05) is 10.0 Å². The highest BCUT2D eigenvalue weighted by atomic mass is 127. The average Bonchev–Trinajstić information content (AvgIpc) is 3.26. The highest BCUT2D eigenvalue weighted by Crippen LogP contribution is 2.53. The first-order chi connectivity index (χ1) is 13.3. The Labute approximate surface area is 183 Å². The number of hydrogen-bond acceptors (Lipinski definition) is 3. The van der Waals surface area contributed by atoms with Crippen LogP contribution < -0.4 is 4.74 Å². The summed E-state index contributed by atoms with van der Waals surface area (Å²) in [5, 5.41) is 0. The molecule has 0 amide bonds. The third-order valence-corrected chi connectivity index (χ3v) is 6.74. The summed E-state index contributed by atoms with van der Waals surface area (Å²) in [7, 11) is 0. The van der Waals surface area contributed by atoms with Crippen LogP contribution in [-0.4, -0.2) is 22.1 Å². The van der Waals surface area contributed by atoms with Gasteiger partial charge in [-0.05, 0) is 88.3 Å². The molecular formula is C24H33IO3. The fourth-order valence-electron chi connectivity index (χ4n) is 4.55. The Bertz CT molecular complexity index is 691. The van der Waals surface area contributed by atoms with Crippen LogP contribution in [0.1, 0.15) is 70.8 Å². The lowest BCUT2D eigenvalue weighted by Crippen LogP contribution is -2.22. The number of rotatable bonds is 8. The number of allylic oxidation sites excluding steroid dienone is 1. The Balaban J connectivity index is 1.39. The van der Waals surface area contributed by atoms with Crippen LogP contribution in [0.4, 0.5) is 0 Å². The van der Waals surface area contributed by atoms with E-state index < -0.39 is 5.60 Å². The van der Waals surface area contributed by atoms with Crippen LogP contribution in [0.15, 0.2) is 36.4 Å². The number of benzene rings is 1. The molecule has 3 nitrogen and oxygen atoms in total. The fourth-order valence-corrected chi connectivity index (χ4v) is 5.09. The Kier molecular flexibility index (Phi) is 7.46. The van der Waals surface area contributed by atoms with Crippen molar-refractivity contribution >= 4 is 28.6 Å². The summed E-state index contributed by atoms with van der Waals surface area (Å²) in [6.07, 6.45) is 10.9. The van der Waals surface area contributed by atoms with E-state index in [4.69, 9.17) is 9.47 Å². The standard InChI is InChI=1S/C24H33IO3/c1-24(2,3)28-23(26)10-5-4-8-20(25)16-27-21-9-6-7-18(15-21)22-14-17-11-12-19(22)13-17/h5-7,9-10,15,17,19-20,22H,4,8,11-14,16H2,1-3H3/b10-5+/t17-,19+,20?,22-/m1/s1. The topological polar surface area (TPSA) is 35.5 Å². The number of halogens is 1. The maximum absolute atomic E-state index is 11.7. The summed E-state index contributed by atoms with van der Waals surface area (Å²) in [6, 6.07) is 8.75. The van der Waals surface area contributed by atoms with E-state index in [1.54, 1.807) is 0 Å². The van der Waals surface area contributed by atoms with Crippen LogP contribution in [0.2, 0.25) is 0 Å². The van der Waals surface area contributed by atoms with Crippen LogP contribution in [0.5, 0.6) is 5.75 Å². The largest absolute Gasteiger partial charge is 0.492 e. The van der Waals surface area contributed by atoms with Crippen molar-refractivity contribution < 1.29 is 14.3 Å². The molecule has 154 valence electrons. The molecule has 2 fully saturated rings. The van der Waals surface area contributed by atoms with Gasteiger partial charge in [0.25, 0.3) is 0 Å². The summed E-state index contributed by atoms with van der Waals surface area (Å²) in [5.74, 6) is 3.33. The van der Waals surface area contributed by atoms with E-state index in [1.165, 1.54) is 37.3 Å². The molecule has 28 heavy (non-hydrogen) atoms. The van der Waals surface area contributed by atoms with Gasteiger partial charge in [-0.3, -0.25) is 0 Å². The van der Waals surface area contributed by atoms with Crippen LogP contribution in [0.25, 0.3) is 0 Å². The summed E-state index contributed by atoms with van der Waals surface area (Å²) >= 11 is 2.43. The first kappa shape index (κ1) is 21.7. The summed E-state index contributed by atoms with van der Waals surface area (Å²) < 4.78 is 11.7. The Morgan fingerprint density at radius 3 is 2.79 bits per heavy atom. The molecule has 4 heteroatoms. The molecule has 2 aliphatic carbocycles.